The van der Waals surface area contributed by atoms with Gasteiger partial charge in [0.2, 0.25) is 5.89 Å². The monoisotopic (exact) mass is 191 g/mol. The highest BCUT2D eigenvalue weighted by Crippen LogP contribution is 2.27. The van der Waals surface area contributed by atoms with Gasteiger partial charge in [-0.1, -0.05) is 0 Å². The molecule has 0 atom stereocenters. The maximum atomic E-state index is 5.63. The van der Waals surface area contributed by atoms with Gasteiger partial charge in [-0.05, 0) is 6.92 Å². The van der Waals surface area contributed by atoms with E-state index in [0.717, 1.165) is 0 Å². The van der Waals surface area contributed by atoms with Crippen LogP contribution in [0.15, 0.2) is 16.9 Å². The fraction of sp³-hybridized carbons (Fsp3) is 0.125. The number of hydrogen-bond donors (Lipinski definition) is 2. The zero-order valence-corrected chi connectivity index (χ0v) is 7.56. The Kier molecular flexibility index (Phi) is 1.81. The molecule has 0 unspecified atom stereocenters. The third-order valence-electron chi connectivity index (χ3n) is 1.74. The van der Waals surface area contributed by atoms with Gasteiger partial charge in [0.25, 0.3) is 0 Å². The minimum Gasteiger partial charge on any atom is -0.441 e. The van der Waals surface area contributed by atoms with Crippen LogP contribution >= 0.6 is 0 Å². The van der Waals surface area contributed by atoms with E-state index >= 15 is 0 Å². The molecule has 14 heavy (non-hydrogen) atoms. The van der Waals surface area contributed by atoms with Gasteiger partial charge in [-0.2, -0.15) is 0 Å². The number of anilines is 2. The molecule has 0 aliphatic rings. The summed E-state index contributed by atoms with van der Waals surface area (Å²) in [5, 5.41) is 0. The summed E-state index contributed by atoms with van der Waals surface area (Å²) in [6.45, 7) is 1.78. The van der Waals surface area contributed by atoms with E-state index in [9.17, 15) is 0 Å². The first kappa shape index (κ1) is 8.49. The first-order valence-electron chi connectivity index (χ1n) is 3.97. The van der Waals surface area contributed by atoms with Gasteiger partial charge in [-0.15, -0.1) is 0 Å². The van der Waals surface area contributed by atoms with Crippen molar-refractivity contribution in [1.29, 1.82) is 0 Å². The lowest BCUT2D eigenvalue weighted by molar-refractivity contribution is 0.542. The fourth-order valence-electron chi connectivity index (χ4n) is 1.10. The van der Waals surface area contributed by atoms with E-state index in [1.807, 2.05) is 0 Å². The topological polar surface area (TPSA) is 104 Å². The highest BCUT2D eigenvalue weighted by molar-refractivity contribution is 5.76. The van der Waals surface area contributed by atoms with Crippen LogP contribution in [-0.4, -0.2) is 15.0 Å². The van der Waals surface area contributed by atoms with Gasteiger partial charge in [0.1, 0.15) is 29.3 Å². The van der Waals surface area contributed by atoms with Crippen molar-refractivity contribution in [2.75, 3.05) is 11.5 Å². The molecule has 0 bridgehead atoms. The third-order valence-corrected chi connectivity index (χ3v) is 1.74. The predicted molar refractivity (Wildman–Crippen MR) is 51.1 cm³/mol. The smallest absolute Gasteiger partial charge is 0.233 e. The van der Waals surface area contributed by atoms with E-state index in [4.69, 9.17) is 15.9 Å². The molecular weight excluding hydrogens is 182 g/mol. The van der Waals surface area contributed by atoms with Gasteiger partial charge in [-0.3, -0.25) is 0 Å². The van der Waals surface area contributed by atoms with Crippen LogP contribution in [0.3, 0.4) is 0 Å². The average molecular weight is 191 g/mol. The summed E-state index contributed by atoms with van der Waals surface area (Å²) in [7, 11) is 0. The summed E-state index contributed by atoms with van der Waals surface area (Å²) in [5.74, 6) is 1.56. The molecule has 4 N–H and O–H groups in total. The fourth-order valence-corrected chi connectivity index (χ4v) is 1.10. The second-order valence-corrected chi connectivity index (χ2v) is 2.80. The standard InChI is InChI=1S/C8H9N5O/c1-4-2-11-8(14-4)5-6(9)12-3-13-7(5)10/h2-3H,1H3,(H4,9,10,12,13). The lowest BCUT2D eigenvalue weighted by Crippen LogP contribution is -2.01. The number of nitrogens with two attached hydrogens (primary N) is 2. The first-order valence-corrected chi connectivity index (χ1v) is 3.97. The second-order valence-electron chi connectivity index (χ2n) is 2.80. The van der Waals surface area contributed by atoms with Gasteiger partial charge in [0, 0.05) is 0 Å². The first-order chi connectivity index (χ1) is 6.68. The Hall–Kier alpha value is -2.11. The molecule has 6 nitrogen and oxygen atoms in total. The molecule has 0 spiro atoms. The van der Waals surface area contributed by atoms with Gasteiger partial charge in [0.15, 0.2) is 0 Å². The Bertz CT molecular complexity index is 444. The zero-order valence-electron chi connectivity index (χ0n) is 7.56. The summed E-state index contributed by atoms with van der Waals surface area (Å²) in [6.07, 6.45) is 2.88. The van der Waals surface area contributed by atoms with Crippen molar-refractivity contribution in [2.24, 2.45) is 0 Å². The average Bonchev–Trinajstić information content (AvgIpc) is 2.51. The van der Waals surface area contributed by atoms with Crippen molar-refractivity contribution in [3.63, 3.8) is 0 Å². The molecule has 2 heterocycles. The van der Waals surface area contributed by atoms with Crippen molar-refractivity contribution in [3.05, 3.63) is 18.3 Å². The minimum absolute atomic E-state index is 0.263. The summed E-state index contributed by atoms with van der Waals surface area (Å²) in [5.41, 5.74) is 11.7. The van der Waals surface area contributed by atoms with Gasteiger partial charge in [-0.25, -0.2) is 15.0 Å². The molecule has 2 aromatic heterocycles. The molecule has 72 valence electrons. The quantitative estimate of drug-likeness (QED) is 0.684. The lowest BCUT2D eigenvalue weighted by Gasteiger charge is -2.01. The van der Waals surface area contributed by atoms with Crippen LogP contribution in [-0.2, 0) is 0 Å². The third kappa shape index (κ3) is 1.26. The summed E-state index contributed by atoms with van der Waals surface area (Å²) >= 11 is 0. The van der Waals surface area contributed by atoms with E-state index in [-0.39, 0.29) is 11.6 Å². The van der Waals surface area contributed by atoms with E-state index in [2.05, 4.69) is 15.0 Å². The molecule has 0 aliphatic carbocycles. The Morgan fingerprint density at radius 2 is 1.79 bits per heavy atom. The molecular formula is C8H9N5O. The number of nitrogen functional groups attached to an aromatic ring is 2. The number of hydrogen-bond acceptors (Lipinski definition) is 6. The number of aryl methyl sites for hydroxylation is 1. The van der Waals surface area contributed by atoms with E-state index < -0.39 is 0 Å². The molecule has 0 aromatic carbocycles. The molecule has 0 fully saturated rings. The number of rotatable bonds is 1. The van der Waals surface area contributed by atoms with Crippen LogP contribution in [0.4, 0.5) is 11.6 Å². The normalized spacial score (nSPS) is 10.4. The SMILES string of the molecule is Cc1cnc(-c2c(N)ncnc2N)o1. The summed E-state index contributed by atoms with van der Waals surface area (Å²) in [4.78, 5) is 11.6. The Morgan fingerprint density at radius 1 is 1.14 bits per heavy atom. The maximum absolute atomic E-state index is 5.63. The molecule has 0 saturated carbocycles. The van der Waals surface area contributed by atoms with Crippen molar-refractivity contribution >= 4 is 11.6 Å². The largest absolute Gasteiger partial charge is 0.441 e. The molecule has 0 aliphatic heterocycles. The number of nitrogens with zero attached hydrogens (tertiary/aromatic N) is 3. The molecule has 0 saturated heterocycles. The highest BCUT2D eigenvalue weighted by Gasteiger charge is 2.13. The minimum atomic E-state index is 0.263. The van der Waals surface area contributed by atoms with E-state index in [1.165, 1.54) is 6.33 Å². The Balaban J connectivity index is 2.61. The Morgan fingerprint density at radius 3 is 2.29 bits per heavy atom. The van der Waals surface area contributed by atoms with Crippen LogP contribution in [0.1, 0.15) is 5.76 Å². The van der Waals surface area contributed by atoms with Crippen LogP contribution in [0.25, 0.3) is 11.5 Å². The molecule has 6 heteroatoms. The molecule has 2 aromatic rings. The highest BCUT2D eigenvalue weighted by atomic mass is 16.4. The van der Waals surface area contributed by atoms with Crippen molar-refractivity contribution in [1.82, 2.24) is 15.0 Å². The van der Waals surface area contributed by atoms with Crippen LogP contribution < -0.4 is 11.5 Å². The second kappa shape index (κ2) is 2.99. The van der Waals surface area contributed by atoms with Crippen LogP contribution in [0, 0.1) is 6.92 Å². The molecule has 0 radical (unpaired) electrons. The maximum Gasteiger partial charge on any atom is 0.233 e. The zero-order chi connectivity index (χ0) is 10.1. The van der Waals surface area contributed by atoms with Gasteiger partial charge >= 0.3 is 0 Å². The lowest BCUT2D eigenvalue weighted by atomic mass is 10.3. The van der Waals surface area contributed by atoms with Crippen LogP contribution in [0.2, 0.25) is 0 Å². The number of aromatic nitrogens is 3. The predicted octanol–water partition coefficient (Wildman–Crippen LogP) is 0.604. The van der Waals surface area contributed by atoms with Crippen molar-refractivity contribution < 1.29 is 4.42 Å². The molecule has 2 rings (SSSR count). The van der Waals surface area contributed by atoms with E-state index in [1.54, 1.807) is 13.1 Å². The van der Waals surface area contributed by atoms with Crippen molar-refractivity contribution in [2.45, 2.75) is 6.92 Å². The van der Waals surface area contributed by atoms with Crippen molar-refractivity contribution in [3.8, 4) is 11.5 Å². The number of oxazole rings is 1. The summed E-state index contributed by atoms with van der Waals surface area (Å²) in [6, 6.07) is 0. The van der Waals surface area contributed by atoms with Crippen LogP contribution in [0.5, 0.6) is 0 Å². The van der Waals surface area contributed by atoms with Gasteiger partial charge in [0.05, 0.1) is 6.20 Å². The summed E-state index contributed by atoms with van der Waals surface area (Å²) < 4.78 is 5.28. The van der Waals surface area contributed by atoms with E-state index in [0.29, 0.717) is 17.2 Å². The molecule has 0 amide bonds. The van der Waals surface area contributed by atoms with Gasteiger partial charge < -0.3 is 15.9 Å². The Labute approximate surface area is 80.0 Å².